The molecule has 82 valence electrons. The molecule has 0 saturated heterocycles. The van der Waals surface area contributed by atoms with E-state index in [0.29, 0.717) is 5.92 Å². The lowest BCUT2D eigenvalue weighted by Crippen LogP contribution is -2.03. The van der Waals surface area contributed by atoms with Crippen molar-refractivity contribution in [1.82, 2.24) is 0 Å². The molecule has 2 rings (SSSR count). The maximum absolute atomic E-state index is 2.25. The Labute approximate surface area is 99.5 Å². The van der Waals surface area contributed by atoms with Crippen molar-refractivity contribution in [3.8, 4) is 0 Å². The molecule has 0 aromatic heterocycles. The van der Waals surface area contributed by atoms with Gasteiger partial charge in [0.2, 0.25) is 0 Å². The number of benzene rings is 2. The largest absolute Gasteiger partial charge is 0.0622 e. The molecule has 0 heterocycles. The summed E-state index contributed by atoms with van der Waals surface area (Å²) in [6.45, 7) is 4.46. The van der Waals surface area contributed by atoms with Crippen molar-refractivity contribution < 1.29 is 0 Å². The minimum absolute atomic E-state index is 0.620. The molecule has 0 N–H and O–H groups in total. The van der Waals surface area contributed by atoms with E-state index < -0.39 is 0 Å². The van der Waals surface area contributed by atoms with Gasteiger partial charge in [-0.15, -0.1) is 0 Å². The van der Waals surface area contributed by atoms with Gasteiger partial charge in [-0.05, 0) is 22.1 Å². The maximum atomic E-state index is 2.25. The van der Waals surface area contributed by atoms with Gasteiger partial charge in [0.1, 0.15) is 0 Å². The molecule has 0 amide bonds. The number of rotatable bonds is 3. The van der Waals surface area contributed by atoms with Crippen LogP contribution in [0.1, 0.15) is 25.3 Å². The van der Waals surface area contributed by atoms with Crippen LogP contribution in [-0.4, -0.2) is 0 Å². The summed E-state index contributed by atoms with van der Waals surface area (Å²) >= 11 is 0. The Bertz CT molecular complexity index is 429. The van der Waals surface area contributed by atoms with Crippen LogP contribution in [-0.2, 0) is 0 Å². The first-order chi connectivity index (χ1) is 7.75. The van der Waals surface area contributed by atoms with Crippen molar-refractivity contribution in [3.05, 3.63) is 60.2 Å². The second kappa shape index (κ2) is 5.27. The smallest absolute Gasteiger partial charge is 0.0219 e. The molecule has 0 aliphatic rings. The van der Waals surface area contributed by atoms with Gasteiger partial charge in [-0.2, -0.15) is 0 Å². The van der Waals surface area contributed by atoms with Crippen LogP contribution in [0.3, 0.4) is 0 Å². The maximum Gasteiger partial charge on any atom is -0.0219 e. The molecule has 0 nitrogen and oxygen atoms in total. The first-order valence-corrected chi connectivity index (χ1v) is 6.68. The molecule has 1 unspecified atom stereocenters. The van der Waals surface area contributed by atoms with Crippen LogP contribution in [0.4, 0.5) is 0 Å². The summed E-state index contributed by atoms with van der Waals surface area (Å²) in [4.78, 5) is 0. The Kier molecular flexibility index (Phi) is 3.74. The van der Waals surface area contributed by atoms with Gasteiger partial charge < -0.3 is 0 Å². The molecule has 16 heavy (non-hydrogen) atoms. The minimum atomic E-state index is 0.620. The average molecular weight is 228 g/mol. The third kappa shape index (κ3) is 2.93. The molecule has 1 heteroatoms. The molecule has 0 bridgehead atoms. The Balaban J connectivity index is 2.11. The lowest BCUT2D eigenvalue weighted by Gasteiger charge is -2.07. The zero-order chi connectivity index (χ0) is 11.4. The van der Waals surface area contributed by atoms with Gasteiger partial charge in [0, 0.05) is 0 Å². The zero-order valence-electron chi connectivity index (χ0n) is 9.77. The van der Waals surface area contributed by atoms with E-state index >= 15 is 0 Å². The summed E-state index contributed by atoms with van der Waals surface area (Å²) in [5.74, 6) is 0.620. The second-order valence-corrected chi connectivity index (χ2v) is 5.67. The Morgan fingerprint density at radius 1 is 0.750 bits per heavy atom. The van der Waals surface area contributed by atoms with Crippen LogP contribution in [0.25, 0.3) is 0 Å². The molecule has 0 fully saturated rings. The van der Waals surface area contributed by atoms with E-state index in [1.807, 2.05) is 0 Å². The predicted molar refractivity (Wildman–Crippen MR) is 74.6 cm³/mol. The Hall–Kier alpha value is -1.13. The van der Waals surface area contributed by atoms with Crippen LogP contribution in [0.5, 0.6) is 0 Å². The summed E-state index contributed by atoms with van der Waals surface area (Å²) in [5.41, 5.74) is 1.42. The summed E-state index contributed by atoms with van der Waals surface area (Å²) in [7, 11) is 0.767. The van der Waals surface area contributed by atoms with Crippen molar-refractivity contribution in [2.75, 3.05) is 0 Å². The monoisotopic (exact) mass is 228 g/mol. The molecule has 2 aromatic rings. The summed E-state index contributed by atoms with van der Waals surface area (Å²) in [6, 6.07) is 19.6. The van der Waals surface area contributed by atoms with Crippen molar-refractivity contribution in [2.24, 2.45) is 0 Å². The van der Waals surface area contributed by atoms with Gasteiger partial charge in [-0.25, -0.2) is 0 Å². The highest BCUT2D eigenvalue weighted by Crippen LogP contribution is 2.15. The predicted octanol–water partition coefficient (Wildman–Crippen LogP) is 3.44. The average Bonchev–Trinajstić information content (AvgIpc) is 2.31. The van der Waals surface area contributed by atoms with Crippen LogP contribution < -0.4 is 10.6 Å². The van der Waals surface area contributed by atoms with E-state index in [-0.39, 0.29) is 0 Å². The first kappa shape index (κ1) is 11.4. The lowest BCUT2D eigenvalue weighted by atomic mass is 10.0. The van der Waals surface area contributed by atoms with E-state index in [9.17, 15) is 0 Å². The van der Waals surface area contributed by atoms with Crippen molar-refractivity contribution in [3.63, 3.8) is 0 Å². The van der Waals surface area contributed by atoms with Crippen molar-refractivity contribution in [1.29, 1.82) is 0 Å². The van der Waals surface area contributed by atoms with E-state index in [1.54, 1.807) is 0 Å². The highest BCUT2D eigenvalue weighted by molar-refractivity contribution is 7.55. The molecular weight excluding hydrogens is 211 g/mol. The van der Waals surface area contributed by atoms with Crippen LogP contribution >= 0.6 is 8.58 Å². The molecular formula is C15H17P. The van der Waals surface area contributed by atoms with Crippen molar-refractivity contribution in [2.45, 2.75) is 19.8 Å². The molecule has 0 radical (unpaired) electrons. The lowest BCUT2D eigenvalue weighted by molar-refractivity contribution is 0.867. The quantitative estimate of drug-likeness (QED) is 0.706. The third-order valence-corrected chi connectivity index (χ3v) is 3.88. The number of hydrogen-bond acceptors (Lipinski definition) is 0. The van der Waals surface area contributed by atoms with Crippen LogP contribution in [0.2, 0.25) is 0 Å². The molecule has 0 aliphatic heterocycles. The minimum Gasteiger partial charge on any atom is -0.0622 e. The third-order valence-electron chi connectivity index (χ3n) is 2.64. The standard InChI is InChI=1S/C15H17P/c1-12(2)13-8-10-15(11-9-13)16-14-6-4-3-5-7-14/h3-12,16H,1-2H3. The van der Waals surface area contributed by atoms with Gasteiger partial charge in [-0.1, -0.05) is 77.0 Å². The molecule has 0 spiro atoms. The zero-order valence-corrected chi connectivity index (χ0v) is 10.8. The SMILES string of the molecule is CC(C)c1ccc(Pc2ccccc2)cc1. The van der Waals surface area contributed by atoms with E-state index in [1.165, 1.54) is 16.2 Å². The van der Waals surface area contributed by atoms with E-state index in [0.717, 1.165) is 8.58 Å². The Morgan fingerprint density at radius 3 is 1.88 bits per heavy atom. The van der Waals surface area contributed by atoms with Gasteiger partial charge in [-0.3, -0.25) is 0 Å². The number of hydrogen-bond donors (Lipinski definition) is 0. The summed E-state index contributed by atoms with van der Waals surface area (Å²) in [5, 5.41) is 2.82. The highest BCUT2D eigenvalue weighted by atomic mass is 31.1. The molecule has 2 aromatic carbocycles. The van der Waals surface area contributed by atoms with Crippen molar-refractivity contribution >= 4 is 19.2 Å². The summed E-state index contributed by atoms with van der Waals surface area (Å²) < 4.78 is 0. The fourth-order valence-electron chi connectivity index (χ4n) is 1.64. The van der Waals surface area contributed by atoms with E-state index in [2.05, 4.69) is 68.4 Å². The van der Waals surface area contributed by atoms with Gasteiger partial charge >= 0.3 is 0 Å². The normalized spacial score (nSPS) is 11.4. The fraction of sp³-hybridized carbons (Fsp3) is 0.200. The van der Waals surface area contributed by atoms with Crippen LogP contribution in [0, 0.1) is 0 Å². The van der Waals surface area contributed by atoms with Crippen LogP contribution in [0.15, 0.2) is 54.6 Å². The highest BCUT2D eigenvalue weighted by Gasteiger charge is 1.99. The first-order valence-electron chi connectivity index (χ1n) is 5.68. The molecule has 0 aliphatic carbocycles. The molecule has 0 saturated carbocycles. The topological polar surface area (TPSA) is 0 Å². The fourth-order valence-corrected chi connectivity index (χ4v) is 2.67. The van der Waals surface area contributed by atoms with E-state index in [4.69, 9.17) is 0 Å². The second-order valence-electron chi connectivity index (χ2n) is 4.27. The van der Waals surface area contributed by atoms with Gasteiger partial charge in [0.05, 0.1) is 0 Å². The summed E-state index contributed by atoms with van der Waals surface area (Å²) in [6.07, 6.45) is 0. The molecule has 1 atom stereocenters. The van der Waals surface area contributed by atoms with Gasteiger partial charge in [0.25, 0.3) is 0 Å². The van der Waals surface area contributed by atoms with Gasteiger partial charge in [0.15, 0.2) is 0 Å². The Morgan fingerprint density at radius 2 is 1.31 bits per heavy atom.